The fourth-order valence-electron chi connectivity index (χ4n) is 2.07. The van der Waals surface area contributed by atoms with Gasteiger partial charge in [0.15, 0.2) is 5.84 Å². The van der Waals surface area contributed by atoms with Gasteiger partial charge in [-0.15, -0.1) is 0 Å². The van der Waals surface area contributed by atoms with Crippen LogP contribution in [-0.4, -0.2) is 21.9 Å². The molecule has 0 aliphatic heterocycles. The minimum absolute atomic E-state index is 0.0545. The van der Waals surface area contributed by atoms with Gasteiger partial charge in [0.25, 0.3) is 5.91 Å². The molecule has 21 heavy (non-hydrogen) atoms. The number of oxime groups is 1. The van der Waals surface area contributed by atoms with Gasteiger partial charge in [0, 0.05) is 11.8 Å². The van der Waals surface area contributed by atoms with E-state index in [1.807, 2.05) is 26.0 Å². The molecule has 108 valence electrons. The molecule has 4 N–H and O–H groups in total. The minimum atomic E-state index is -0.342. The number of benzene rings is 1. The zero-order valence-corrected chi connectivity index (χ0v) is 11.8. The number of rotatable bonds is 3. The van der Waals surface area contributed by atoms with Gasteiger partial charge in [-0.05, 0) is 37.1 Å². The summed E-state index contributed by atoms with van der Waals surface area (Å²) in [5, 5.41) is 14.6. The lowest BCUT2D eigenvalue weighted by Gasteiger charge is -2.13. The first kappa shape index (κ1) is 14.5. The molecule has 0 atom stereocenters. The Hall–Kier alpha value is -2.89. The van der Waals surface area contributed by atoms with Gasteiger partial charge in [0.2, 0.25) is 0 Å². The average Bonchev–Trinajstić information content (AvgIpc) is 2.47. The lowest BCUT2D eigenvalue weighted by Crippen LogP contribution is -2.21. The molecule has 2 aromatic rings. The second-order valence-electron chi connectivity index (χ2n) is 4.61. The molecule has 1 amide bonds. The van der Waals surface area contributed by atoms with Gasteiger partial charge >= 0.3 is 0 Å². The predicted molar refractivity (Wildman–Crippen MR) is 80.6 cm³/mol. The highest BCUT2D eigenvalue weighted by Gasteiger charge is 2.15. The van der Waals surface area contributed by atoms with Crippen LogP contribution in [0.25, 0.3) is 0 Å². The Morgan fingerprint density at radius 1 is 1.24 bits per heavy atom. The van der Waals surface area contributed by atoms with E-state index < -0.39 is 0 Å². The number of hydrogen-bond acceptors (Lipinski definition) is 4. The molecule has 0 radical (unpaired) electrons. The van der Waals surface area contributed by atoms with Crippen LogP contribution >= 0.6 is 0 Å². The third kappa shape index (κ3) is 3.00. The van der Waals surface area contributed by atoms with Gasteiger partial charge in [-0.1, -0.05) is 23.4 Å². The topological polar surface area (TPSA) is 101 Å². The van der Waals surface area contributed by atoms with Crippen molar-refractivity contribution in [2.75, 3.05) is 5.32 Å². The molecule has 0 aliphatic rings. The number of hydrogen-bond donors (Lipinski definition) is 3. The molecular weight excluding hydrogens is 268 g/mol. The molecule has 1 aromatic carbocycles. The van der Waals surface area contributed by atoms with Crippen molar-refractivity contribution in [3.05, 3.63) is 58.9 Å². The smallest absolute Gasteiger partial charge is 0.274 e. The number of aryl methyl sites for hydroxylation is 2. The zero-order chi connectivity index (χ0) is 15.4. The molecule has 1 aromatic heterocycles. The van der Waals surface area contributed by atoms with Gasteiger partial charge in [0.05, 0.1) is 5.69 Å². The molecule has 0 spiro atoms. The van der Waals surface area contributed by atoms with E-state index in [0.717, 1.165) is 11.1 Å². The quantitative estimate of drug-likeness (QED) is 0.347. The second kappa shape index (κ2) is 6.04. The first-order chi connectivity index (χ1) is 10.0. The maximum atomic E-state index is 12.3. The van der Waals surface area contributed by atoms with E-state index in [2.05, 4.69) is 15.5 Å². The number of nitrogens with two attached hydrogens (primary N) is 1. The molecule has 6 heteroatoms. The van der Waals surface area contributed by atoms with Gasteiger partial charge < -0.3 is 16.3 Å². The molecule has 0 fully saturated rings. The minimum Gasteiger partial charge on any atom is -0.409 e. The summed E-state index contributed by atoms with van der Waals surface area (Å²) in [6.45, 7) is 3.62. The third-order valence-corrected chi connectivity index (χ3v) is 3.11. The standard InChI is InChI=1S/C15H16N4O2/c1-9-5-3-7-11(12(9)14(16)19-21)18-15(20)13-10(2)6-4-8-17-13/h3-8,21H,1-2H3,(H2,16,19)(H,18,20). The van der Waals surface area contributed by atoms with Crippen molar-refractivity contribution in [1.82, 2.24) is 4.98 Å². The van der Waals surface area contributed by atoms with Gasteiger partial charge in [-0.3, -0.25) is 9.78 Å². The van der Waals surface area contributed by atoms with E-state index in [-0.39, 0.29) is 11.7 Å². The summed E-state index contributed by atoms with van der Waals surface area (Å²) in [4.78, 5) is 16.4. The first-order valence-electron chi connectivity index (χ1n) is 6.35. The number of amides is 1. The highest BCUT2D eigenvalue weighted by Crippen LogP contribution is 2.20. The monoisotopic (exact) mass is 284 g/mol. The van der Waals surface area contributed by atoms with Crippen molar-refractivity contribution < 1.29 is 10.0 Å². The summed E-state index contributed by atoms with van der Waals surface area (Å²) < 4.78 is 0. The van der Waals surface area contributed by atoms with Gasteiger partial charge in [0.1, 0.15) is 5.69 Å². The van der Waals surface area contributed by atoms with Crippen molar-refractivity contribution in [2.24, 2.45) is 10.9 Å². The number of aromatic nitrogens is 1. The van der Waals surface area contributed by atoms with E-state index in [0.29, 0.717) is 16.9 Å². The van der Waals surface area contributed by atoms with E-state index in [4.69, 9.17) is 10.9 Å². The Kier molecular flexibility index (Phi) is 4.18. The molecule has 1 heterocycles. The van der Waals surface area contributed by atoms with Crippen molar-refractivity contribution in [3.8, 4) is 0 Å². The summed E-state index contributed by atoms with van der Waals surface area (Å²) in [6.07, 6.45) is 1.56. The molecule has 6 nitrogen and oxygen atoms in total. The number of carbonyl (C=O) groups is 1. The van der Waals surface area contributed by atoms with Crippen LogP contribution in [0, 0.1) is 13.8 Å². The summed E-state index contributed by atoms with van der Waals surface area (Å²) in [6, 6.07) is 8.86. The average molecular weight is 284 g/mol. The summed E-state index contributed by atoms with van der Waals surface area (Å²) >= 11 is 0. The Balaban J connectivity index is 2.39. The van der Waals surface area contributed by atoms with Crippen LogP contribution in [0.5, 0.6) is 0 Å². The Bertz CT molecular complexity index is 711. The summed E-state index contributed by atoms with van der Waals surface area (Å²) in [7, 11) is 0. The zero-order valence-electron chi connectivity index (χ0n) is 11.8. The molecule has 2 rings (SSSR count). The van der Waals surface area contributed by atoms with E-state index in [1.165, 1.54) is 0 Å². The van der Waals surface area contributed by atoms with Gasteiger partial charge in [-0.25, -0.2) is 0 Å². The predicted octanol–water partition coefficient (Wildman–Crippen LogP) is 2.05. The highest BCUT2D eigenvalue weighted by molar-refractivity contribution is 6.10. The van der Waals surface area contributed by atoms with Crippen LogP contribution in [0.2, 0.25) is 0 Å². The molecule has 0 aliphatic carbocycles. The van der Waals surface area contributed by atoms with Crippen LogP contribution in [0.15, 0.2) is 41.7 Å². The number of amidine groups is 1. The number of carbonyl (C=O) groups excluding carboxylic acids is 1. The molecule has 0 unspecified atom stereocenters. The number of nitrogens with one attached hydrogen (secondary N) is 1. The van der Waals surface area contributed by atoms with Crippen molar-refractivity contribution >= 4 is 17.4 Å². The van der Waals surface area contributed by atoms with Crippen molar-refractivity contribution in [2.45, 2.75) is 13.8 Å². The Labute approximate surface area is 122 Å². The van der Waals surface area contributed by atoms with Crippen LogP contribution in [0.3, 0.4) is 0 Å². The normalized spacial score (nSPS) is 11.2. The van der Waals surface area contributed by atoms with Crippen LogP contribution in [0.1, 0.15) is 27.2 Å². The fraction of sp³-hybridized carbons (Fsp3) is 0.133. The van der Waals surface area contributed by atoms with E-state index in [9.17, 15) is 4.79 Å². The van der Waals surface area contributed by atoms with Crippen molar-refractivity contribution in [3.63, 3.8) is 0 Å². The van der Waals surface area contributed by atoms with Gasteiger partial charge in [-0.2, -0.15) is 0 Å². The summed E-state index contributed by atoms with van der Waals surface area (Å²) in [5.41, 5.74) is 8.53. The van der Waals surface area contributed by atoms with Crippen LogP contribution in [-0.2, 0) is 0 Å². The van der Waals surface area contributed by atoms with E-state index >= 15 is 0 Å². The fourth-order valence-corrected chi connectivity index (χ4v) is 2.07. The van der Waals surface area contributed by atoms with Crippen LogP contribution in [0.4, 0.5) is 5.69 Å². The van der Waals surface area contributed by atoms with Crippen molar-refractivity contribution in [1.29, 1.82) is 0 Å². The lowest BCUT2D eigenvalue weighted by molar-refractivity contribution is 0.102. The number of nitrogens with zero attached hydrogens (tertiary/aromatic N) is 2. The molecular formula is C15H16N4O2. The Morgan fingerprint density at radius 3 is 2.62 bits per heavy atom. The highest BCUT2D eigenvalue weighted by atomic mass is 16.4. The molecule has 0 bridgehead atoms. The first-order valence-corrected chi connectivity index (χ1v) is 6.35. The second-order valence-corrected chi connectivity index (χ2v) is 4.61. The van der Waals surface area contributed by atoms with Crippen LogP contribution < -0.4 is 11.1 Å². The van der Waals surface area contributed by atoms with E-state index in [1.54, 1.807) is 24.4 Å². The SMILES string of the molecule is Cc1cccnc1C(=O)Nc1cccc(C)c1/C(N)=N/O. The maximum Gasteiger partial charge on any atom is 0.274 e. The molecule has 0 saturated heterocycles. The number of anilines is 1. The largest absolute Gasteiger partial charge is 0.409 e. The maximum absolute atomic E-state index is 12.3. The lowest BCUT2D eigenvalue weighted by atomic mass is 10.1. The summed E-state index contributed by atoms with van der Waals surface area (Å²) in [5.74, 6) is -0.396. The number of pyridine rings is 1. The Morgan fingerprint density at radius 2 is 1.95 bits per heavy atom. The third-order valence-electron chi connectivity index (χ3n) is 3.11. The molecule has 0 saturated carbocycles.